The zero-order valence-corrected chi connectivity index (χ0v) is 12.4. The fourth-order valence-corrected chi connectivity index (χ4v) is 2.03. The van der Waals surface area contributed by atoms with Crippen molar-refractivity contribution in [1.29, 1.82) is 0 Å². The minimum absolute atomic E-state index is 0.112. The molecule has 0 aliphatic carbocycles. The second kappa shape index (κ2) is 10.5. The molecule has 1 saturated heterocycles. The number of hydrogen-bond acceptors (Lipinski definition) is 7. The van der Waals surface area contributed by atoms with Crippen molar-refractivity contribution in [3.8, 4) is 0 Å². The average Bonchev–Trinajstić information content (AvgIpc) is 2.94. The zero-order chi connectivity index (χ0) is 15.5. The first kappa shape index (κ1) is 17.9. The van der Waals surface area contributed by atoms with Gasteiger partial charge in [-0.3, -0.25) is 9.59 Å². The van der Waals surface area contributed by atoms with Gasteiger partial charge in [-0.15, -0.1) is 0 Å². The highest BCUT2D eigenvalue weighted by atomic mass is 16.6. The van der Waals surface area contributed by atoms with E-state index in [4.69, 9.17) is 25.7 Å². The summed E-state index contributed by atoms with van der Waals surface area (Å²) >= 11 is 0. The summed E-state index contributed by atoms with van der Waals surface area (Å²) in [7, 11) is 0. The van der Waals surface area contributed by atoms with E-state index in [1.54, 1.807) is 0 Å². The summed E-state index contributed by atoms with van der Waals surface area (Å²) in [6.07, 6.45) is 3.32. The summed E-state index contributed by atoms with van der Waals surface area (Å²) in [4.78, 5) is 22.7. The Labute approximate surface area is 125 Å². The second-order valence-corrected chi connectivity index (χ2v) is 5.11. The fourth-order valence-electron chi connectivity index (χ4n) is 2.03. The fraction of sp³-hybridized carbons (Fsp3) is 0.857. The van der Waals surface area contributed by atoms with Crippen molar-refractivity contribution in [3.63, 3.8) is 0 Å². The Balaban J connectivity index is 2.09. The van der Waals surface area contributed by atoms with Crippen molar-refractivity contribution in [2.24, 2.45) is 11.5 Å². The standard InChI is InChI=1S/C14H26N2O5/c15-7-1-3-13(17)19-9-11-5-6-12(21-11)10-20-14(18)4-2-8-16/h11-12H,1-10,15-16H2/t11-,12+. The molecule has 1 fully saturated rings. The predicted octanol–water partition coefficient (Wildman–Crippen LogP) is 0.0982. The smallest absolute Gasteiger partial charge is 0.305 e. The Bertz CT molecular complexity index is 294. The van der Waals surface area contributed by atoms with Crippen molar-refractivity contribution in [1.82, 2.24) is 0 Å². The molecular weight excluding hydrogens is 276 g/mol. The summed E-state index contributed by atoms with van der Waals surface area (Å²) in [5.41, 5.74) is 10.6. The molecule has 0 aromatic heterocycles. The third kappa shape index (κ3) is 7.99. The lowest BCUT2D eigenvalue weighted by atomic mass is 10.2. The molecule has 0 bridgehead atoms. The molecule has 1 aliphatic heterocycles. The van der Waals surface area contributed by atoms with Crippen molar-refractivity contribution >= 4 is 11.9 Å². The van der Waals surface area contributed by atoms with Gasteiger partial charge in [0, 0.05) is 12.8 Å². The lowest BCUT2D eigenvalue weighted by Crippen LogP contribution is -2.23. The second-order valence-electron chi connectivity index (χ2n) is 5.11. The van der Waals surface area contributed by atoms with Crippen molar-refractivity contribution < 1.29 is 23.8 Å². The zero-order valence-electron chi connectivity index (χ0n) is 12.4. The van der Waals surface area contributed by atoms with E-state index in [-0.39, 0.29) is 37.4 Å². The first-order valence-electron chi connectivity index (χ1n) is 7.52. The number of rotatable bonds is 10. The molecule has 0 spiro atoms. The van der Waals surface area contributed by atoms with Gasteiger partial charge in [0.15, 0.2) is 0 Å². The van der Waals surface area contributed by atoms with E-state index in [0.717, 1.165) is 12.8 Å². The topological polar surface area (TPSA) is 114 Å². The van der Waals surface area contributed by atoms with Crippen LogP contribution in [-0.2, 0) is 23.8 Å². The number of carbonyl (C=O) groups is 2. The van der Waals surface area contributed by atoms with Gasteiger partial charge >= 0.3 is 11.9 Å². The molecule has 0 amide bonds. The van der Waals surface area contributed by atoms with Crippen LogP contribution in [0.3, 0.4) is 0 Å². The Morgan fingerprint density at radius 1 is 0.905 bits per heavy atom. The molecule has 0 aromatic carbocycles. The summed E-state index contributed by atoms with van der Waals surface area (Å²) in [6.45, 7) is 1.46. The van der Waals surface area contributed by atoms with E-state index in [1.807, 2.05) is 0 Å². The maximum absolute atomic E-state index is 11.3. The summed E-state index contributed by atoms with van der Waals surface area (Å²) < 4.78 is 15.9. The van der Waals surface area contributed by atoms with Crippen LogP contribution in [0.5, 0.6) is 0 Å². The van der Waals surface area contributed by atoms with Gasteiger partial charge in [-0.25, -0.2) is 0 Å². The van der Waals surface area contributed by atoms with Gasteiger partial charge in [0.25, 0.3) is 0 Å². The molecule has 21 heavy (non-hydrogen) atoms. The minimum Gasteiger partial charge on any atom is -0.463 e. The van der Waals surface area contributed by atoms with Crippen LogP contribution in [0.15, 0.2) is 0 Å². The molecule has 0 saturated carbocycles. The van der Waals surface area contributed by atoms with E-state index in [1.165, 1.54) is 0 Å². The number of nitrogens with two attached hydrogens (primary N) is 2. The predicted molar refractivity (Wildman–Crippen MR) is 76.4 cm³/mol. The van der Waals surface area contributed by atoms with Crippen LogP contribution in [0.1, 0.15) is 38.5 Å². The van der Waals surface area contributed by atoms with Crippen molar-refractivity contribution in [3.05, 3.63) is 0 Å². The molecule has 0 radical (unpaired) electrons. The van der Waals surface area contributed by atoms with E-state index >= 15 is 0 Å². The highest BCUT2D eigenvalue weighted by molar-refractivity contribution is 5.69. The molecule has 0 aromatic rings. The molecule has 4 N–H and O–H groups in total. The van der Waals surface area contributed by atoms with Crippen LogP contribution in [0, 0.1) is 0 Å². The molecule has 122 valence electrons. The maximum atomic E-state index is 11.3. The maximum Gasteiger partial charge on any atom is 0.305 e. The third-order valence-electron chi connectivity index (χ3n) is 3.23. The molecule has 2 atom stereocenters. The number of esters is 2. The quantitative estimate of drug-likeness (QED) is 0.550. The Hall–Kier alpha value is -1.18. The summed E-state index contributed by atoms with van der Waals surface area (Å²) in [5, 5.41) is 0. The van der Waals surface area contributed by atoms with E-state index in [0.29, 0.717) is 38.8 Å². The van der Waals surface area contributed by atoms with Crippen LogP contribution in [-0.4, -0.2) is 50.4 Å². The van der Waals surface area contributed by atoms with Crippen molar-refractivity contribution in [2.75, 3.05) is 26.3 Å². The first-order chi connectivity index (χ1) is 10.2. The third-order valence-corrected chi connectivity index (χ3v) is 3.23. The van der Waals surface area contributed by atoms with Gasteiger partial charge in [0.2, 0.25) is 0 Å². The molecular formula is C14H26N2O5. The van der Waals surface area contributed by atoms with Gasteiger partial charge in [-0.2, -0.15) is 0 Å². The lowest BCUT2D eigenvalue weighted by Gasteiger charge is -2.14. The first-order valence-corrected chi connectivity index (χ1v) is 7.52. The van der Waals surface area contributed by atoms with Crippen LogP contribution in [0.2, 0.25) is 0 Å². The number of hydrogen-bond donors (Lipinski definition) is 2. The summed E-state index contributed by atoms with van der Waals surface area (Å²) in [5.74, 6) is -0.499. The van der Waals surface area contributed by atoms with Gasteiger partial charge in [0.05, 0.1) is 12.2 Å². The molecule has 0 unspecified atom stereocenters. The van der Waals surface area contributed by atoms with Crippen LogP contribution >= 0.6 is 0 Å². The number of carbonyl (C=O) groups excluding carboxylic acids is 2. The summed E-state index contributed by atoms with van der Waals surface area (Å²) in [6, 6.07) is 0. The Morgan fingerprint density at radius 2 is 1.33 bits per heavy atom. The SMILES string of the molecule is NCCCC(=O)OC[C@H]1CC[C@@H](COC(=O)CCCN)O1. The van der Waals surface area contributed by atoms with E-state index in [9.17, 15) is 9.59 Å². The number of ether oxygens (including phenoxy) is 3. The van der Waals surface area contributed by atoms with Gasteiger partial charge in [0.1, 0.15) is 13.2 Å². The monoisotopic (exact) mass is 302 g/mol. The average molecular weight is 302 g/mol. The minimum atomic E-state index is -0.249. The van der Waals surface area contributed by atoms with Crippen LogP contribution in [0.25, 0.3) is 0 Å². The molecule has 1 rings (SSSR count). The Morgan fingerprint density at radius 3 is 1.71 bits per heavy atom. The molecule has 7 heteroatoms. The van der Waals surface area contributed by atoms with Gasteiger partial charge < -0.3 is 25.7 Å². The Kier molecular flexibility index (Phi) is 8.96. The highest BCUT2D eigenvalue weighted by Crippen LogP contribution is 2.20. The molecule has 1 aliphatic rings. The van der Waals surface area contributed by atoms with Crippen molar-refractivity contribution in [2.45, 2.75) is 50.7 Å². The normalized spacial score (nSPS) is 21.2. The highest BCUT2D eigenvalue weighted by Gasteiger charge is 2.27. The van der Waals surface area contributed by atoms with Gasteiger partial charge in [-0.05, 0) is 38.8 Å². The van der Waals surface area contributed by atoms with E-state index < -0.39 is 0 Å². The molecule has 7 nitrogen and oxygen atoms in total. The molecule has 1 heterocycles. The van der Waals surface area contributed by atoms with E-state index in [2.05, 4.69) is 0 Å². The van der Waals surface area contributed by atoms with Gasteiger partial charge in [-0.1, -0.05) is 0 Å². The lowest BCUT2D eigenvalue weighted by molar-refractivity contribution is -0.150. The van der Waals surface area contributed by atoms with Crippen LogP contribution in [0.4, 0.5) is 0 Å². The van der Waals surface area contributed by atoms with Crippen LogP contribution < -0.4 is 11.5 Å². The largest absolute Gasteiger partial charge is 0.463 e.